The average Bonchev–Trinajstić information content (AvgIpc) is 2.95. The van der Waals surface area contributed by atoms with E-state index in [0.29, 0.717) is 23.8 Å². The minimum atomic E-state index is -0.695. The van der Waals surface area contributed by atoms with Gasteiger partial charge in [-0.1, -0.05) is 39.8 Å². The maximum atomic E-state index is 11.8. The molecule has 7 rings (SSSR count). The summed E-state index contributed by atoms with van der Waals surface area (Å²) in [4.78, 5) is 0. The molecule has 2 aliphatic heterocycles. The summed E-state index contributed by atoms with van der Waals surface area (Å²) in [6, 6.07) is 7.24. The van der Waals surface area contributed by atoms with E-state index in [9.17, 15) is 5.11 Å². The number of piperidine rings is 1. The van der Waals surface area contributed by atoms with E-state index in [-0.39, 0.29) is 22.3 Å². The standard InChI is InChI=1S/C25H35NO2/c1-14-11-16-17(23(5,27)22(2,3)4)13-25(14)19-12-15-7-6-8-18-20(15)24(25,9-10-26-19)21(16)28-18/h6-8,14,16-17,19,21,26-27H,9-13H2,1-5H3/t14-,16?,17?,19-,21+,23?,24+,25?/m1/s1. The van der Waals surface area contributed by atoms with E-state index in [4.69, 9.17) is 4.74 Å². The van der Waals surface area contributed by atoms with Gasteiger partial charge in [-0.15, -0.1) is 0 Å². The summed E-state index contributed by atoms with van der Waals surface area (Å²) >= 11 is 0. The first kappa shape index (κ1) is 17.8. The van der Waals surface area contributed by atoms with Crippen molar-refractivity contribution in [3.63, 3.8) is 0 Å². The molecule has 6 aliphatic rings. The van der Waals surface area contributed by atoms with Crippen molar-refractivity contribution in [3.05, 3.63) is 29.3 Å². The van der Waals surface area contributed by atoms with Gasteiger partial charge in [0.05, 0.1) is 5.60 Å². The van der Waals surface area contributed by atoms with Crippen molar-refractivity contribution in [2.24, 2.45) is 28.6 Å². The van der Waals surface area contributed by atoms with Gasteiger partial charge < -0.3 is 15.2 Å². The van der Waals surface area contributed by atoms with Gasteiger partial charge in [-0.2, -0.15) is 0 Å². The molecule has 4 bridgehead atoms. The van der Waals surface area contributed by atoms with Crippen LogP contribution < -0.4 is 10.1 Å². The smallest absolute Gasteiger partial charge is 0.123 e. The Bertz CT molecular complexity index is 855. The van der Waals surface area contributed by atoms with Crippen molar-refractivity contribution in [2.75, 3.05) is 6.54 Å². The third-order valence-corrected chi connectivity index (χ3v) is 10.3. The highest BCUT2D eigenvalue weighted by atomic mass is 16.5. The zero-order valence-electron chi connectivity index (χ0n) is 18.0. The van der Waals surface area contributed by atoms with Crippen LogP contribution in [0, 0.1) is 28.6 Å². The lowest BCUT2D eigenvalue weighted by Gasteiger charge is -2.73. The van der Waals surface area contributed by atoms with Crippen LogP contribution in [0.25, 0.3) is 0 Å². The first-order valence-corrected chi connectivity index (χ1v) is 11.4. The third-order valence-electron chi connectivity index (χ3n) is 10.3. The van der Waals surface area contributed by atoms with E-state index in [2.05, 4.69) is 58.1 Å². The number of aliphatic hydroxyl groups is 1. The first-order valence-electron chi connectivity index (χ1n) is 11.4. The van der Waals surface area contributed by atoms with Crippen molar-refractivity contribution < 1.29 is 9.84 Å². The van der Waals surface area contributed by atoms with Crippen molar-refractivity contribution in [2.45, 2.75) is 83.5 Å². The molecule has 1 aromatic carbocycles. The maximum absolute atomic E-state index is 11.8. The minimum Gasteiger partial charge on any atom is -0.489 e. The zero-order chi connectivity index (χ0) is 19.7. The molecular formula is C25H35NO2. The fourth-order valence-electron chi connectivity index (χ4n) is 8.71. The zero-order valence-corrected chi connectivity index (χ0v) is 18.0. The monoisotopic (exact) mass is 381 g/mol. The van der Waals surface area contributed by atoms with Gasteiger partial charge in [0.25, 0.3) is 0 Å². The number of hydrogen-bond acceptors (Lipinski definition) is 3. The molecule has 152 valence electrons. The lowest BCUT2D eigenvalue weighted by molar-refractivity contribution is -0.246. The Hall–Kier alpha value is -1.06. The Morgan fingerprint density at radius 1 is 1.21 bits per heavy atom. The number of nitrogens with one attached hydrogen (secondary N) is 1. The van der Waals surface area contributed by atoms with Crippen LogP contribution in [0.3, 0.4) is 0 Å². The molecular weight excluding hydrogens is 346 g/mol. The highest BCUT2D eigenvalue weighted by Gasteiger charge is 2.78. The van der Waals surface area contributed by atoms with Gasteiger partial charge in [0.1, 0.15) is 11.9 Å². The largest absolute Gasteiger partial charge is 0.489 e. The van der Waals surface area contributed by atoms with Gasteiger partial charge in [-0.05, 0) is 68.0 Å². The van der Waals surface area contributed by atoms with Crippen LogP contribution in [-0.4, -0.2) is 29.4 Å². The molecule has 28 heavy (non-hydrogen) atoms. The summed E-state index contributed by atoms with van der Waals surface area (Å²) in [6.45, 7) is 12.3. The average molecular weight is 382 g/mol. The van der Waals surface area contributed by atoms with E-state index < -0.39 is 5.60 Å². The lowest BCUT2D eigenvalue weighted by atomic mass is 9.32. The Morgan fingerprint density at radius 3 is 2.75 bits per heavy atom. The number of ether oxygens (including phenoxy) is 1. The van der Waals surface area contributed by atoms with Gasteiger partial charge in [0.15, 0.2) is 0 Å². The van der Waals surface area contributed by atoms with Crippen LogP contribution in [0.5, 0.6) is 5.75 Å². The van der Waals surface area contributed by atoms with Crippen LogP contribution >= 0.6 is 0 Å². The normalized spacial score (nSPS) is 47.3. The molecule has 0 aromatic heterocycles. The molecule has 2 N–H and O–H groups in total. The summed E-state index contributed by atoms with van der Waals surface area (Å²) < 4.78 is 6.85. The van der Waals surface area contributed by atoms with E-state index >= 15 is 0 Å². The second-order valence-electron chi connectivity index (χ2n) is 11.8. The number of hydrogen-bond donors (Lipinski definition) is 2. The quantitative estimate of drug-likeness (QED) is 0.771. The van der Waals surface area contributed by atoms with E-state index in [1.54, 1.807) is 5.56 Å². The molecule has 8 atom stereocenters. The van der Waals surface area contributed by atoms with Gasteiger partial charge in [-0.3, -0.25) is 0 Å². The molecule has 1 saturated heterocycles. The summed E-state index contributed by atoms with van der Waals surface area (Å²) in [5.74, 6) is 2.55. The molecule has 3 heteroatoms. The van der Waals surface area contributed by atoms with Crippen LogP contribution in [0.2, 0.25) is 0 Å². The van der Waals surface area contributed by atoms with Gasteiger partial charge in [0, 0.05) is 28.4 Å². The molecule has 1 aromatic rings. The Balaban J connectivity index is 1.60. The Kier molecular flexibility index (Phi) is 3.16. The third kappa shape index (κ3) is 1.65. The highest BCUT2D eigenvalue weighted by molar-refractivity contribution is 5.57. The van der Waals surface area contributed by atoms with Crippen molar-refractivity contribution in [1.29, 1.82) is 0 Å². The van der Waals surface area contributed by atoms with E-state index in [1.165, 1.54) is 18.4 Å². The molecule has 0 amide bonds. The molecule has 4 aliphatic carbocycles. The van der Waals surface area contributed by atoms with Crippen LogP contribution in [0.4, 0.5) is 0 Å². The predicted octanol–water partition coefficient (Wildman–Crippen LogP) is 4.06. The Labute approximate surface area is 169 Å². The molecule has 2 heterocycles. The molecule has 2 spiro atoms. The highest BCUT2D eigenvalue weighted by Crippen LogP contribution is 2.76. The van der Waals surface area contributed by atoms with Crippen molar-refractivity contribution in [1.82, 2.24) is 5.32 Å². The fourth-order valence-corrected chi connectivity index (χ4v) is 8.71. The van der Waals surface area contributed by atoms with Gasteiger partial charge in [-0.25, -0.2) is 0 Å². The molecule has 0 radical (unpaired) electrons. The number of benzene rings is 1. The van der Waals surface area contributed by atoms with Crippen molar-refractivity contribution >= 4 is 0 Å². The van der Waals surface area contributed by atoms with E-state index in [0.717, 1.165) is 25.1 Å². The summed E-state index contributed by atoms with van der Waals surface area (Å²) in [7, 11) is 0. The fraction of sp³-hybridized carbons (Fsp3) is 0.760. The minimum absolute atomic E-state index is 0.143. The van der Waals surface area contributed by atoms with Crippen molar-refractivity contribution in [3.8, 4) is 5.75 Å². The summed E-state index contributed by atoms with van der Waals surface area (Å²) in [5, 5.41) is 15.8. The lowest BCUT2D eigenvalue weighted by Crippen LogP contribution is -2.79. The summed E-state index contributed by atoms with van der Waals surface area (Å²) in [6.07, 6.45) is 4.85. The Morgan fingerprint density at radius 2 is 2.00 bits per heavy atom. The second kappa shape index (κ2) is 4.98. The maximum Gasteiger partial charge on any atom is 0.123 e. The van der Waals surface area contributed by atoms with Crippen LogP contribution in [0.15, 0.2) is 18.2 Å². The van der Waals surface area contributed by atoms with Gasteiger partial charge >= 0.3 is 0 Å². The predicted molar refractivity (Wildman–Crippen MR) is 111 cm³/mol. The first-order chi connectivity index (χ1) is 13.1. The molecule has 3 saturated carbocycles. The SMILES string of the molecule is C[C@@H]1CC2C(C(C)(O)C(C)(C)C)CC13[C@H]1Cc4cccc5c4[C@@]3(CCN1)[C@H]2O5. The molecule has 4 unspecified atom stereocenters. The number of rotatable bonds is 1. The molecule has 3 nitrogen and oxygen atoms in total. The second-order valence-corrected chi connectivity index (χ2v) is 11.8. The topological polar surface area (TPSA) is 41.5 Å². The van der Waals surface area contributed by atoms with E-state index in [1.807, 2.05) is 0 Å². The molecule has 4 fully saturated rings. The number of fused-ring (bicyclic) bond motifs is 2. The van der Waals surface area contributed by atoms with Crippen LogP contribution in [-0.2, 0) is 11.8 Å². The van der Waals surface area contributed by atoms with Gasteiger partial charge in [0.2, 0.25) is 0 Å². The summed E-state index contributed by atoms with van der Waals surface area (Å²) in [5.41, 5.74) is 2.59. The van der Waals surface area contributed by atoms with Crippen LogP contribution in [0.1, 0.15) is 65.0 Å².